The van der Waals surface area contributed by atoms with E-state index < -0.39 is 0 Å². The molecular weight excluding hydrogens is 234 g/mol. The number of rotatable bonds is 3. The summed E-state index contributed by atoms with van der Waals surface area (Å²) in [6.45, 7) is 7.15. The van der Waals surface area contributed by atoms with Crippen molar-refractivity contribution in [2.75, 3.05) is 0 Å². The van der Waals surface area contributed by atoms with Gasteiger partial charge in [-0.15, -0.1) is 0 Å². The predicted molar refractivity (Wildman–Crippen MR) is 71.9 cm³/mol. The van der Waals surface area contributed by atoms with Crippen LogP contribution < -0.4 is 0 Å². The molecule has 0 amide bonds. The maximum atomic E-state index is 11.2. The summed E-state index contributed by atoms with van der Waals surface area (Å²) >= 11 is 6.30. The minimum Gasteiger partial charge on any atom is -0.331 e. The van der Waals surface area contributed by atoms with Gasteiger partial charge in [-0.2, -0.15) is 0 Å². The number of nitrogens with zero attached hydrogens (tertiary/aromatic N) is 1. The largest absolute Gasteiger partial charge is 0.331 e. The second kappa shape index (κ2) is 4.53. The Morgan fingerprint density at radius 2 is 2.12 bits per heavy atom. The molecule has 1 aromatic carbocycles. The topological polar surface area (TPSA) is 22.0 Å². The van der Waals surface area contributed by atoms with E-state index in [1.165, 1.54) is 0 Å². The number of aldehydes is 1. The number of para-hydroxylation sites is 1. The van der Waals surface area contributed by atoms with Crippen molar-refractivity contribution in [2.24, 2.45) is 5.92 Å². The third-order valence-corrected chi connectivity index (χ3v) is 3.33. The Balaban J connectivity index is 2.81. The zero-order valence-corrected chi connectivity index (χ0v) is 11.1. The van der Waals surface area contributed by atoms with Crippen molar-refractivity contribution < 1.29 is 4.79 Å². The summed E-state index contributed by atoms with van der Waals surface area (Å²) < 4.78 is 2.04. The third kappa shape index (κ3) is 1.98. The first-order valence-electron chi connectivity index (χ1n) is 5.78. The van der Waals surface area contributed by atoms with E-state index in [-0.39, 0.29) is 0 Å². The van der Waals surface area contributed by atoms with Crippen LogP contribution in [0.1, 0.15) is 29.8 Å². The summed E-state index contributed by atoms with van der Waals surface area (Å²) in [6.07, 6.45) is 0.848. The monoisotopic (exact) mass is 249 g/mol. The van der Waals surface area contributed by atoms with Gasteiger partial charge in [0.1, 0.15) is 5.15 Å². The van der Waals surface area contributed by atoms with E-state index >= 15 is 0 Å². The standard InChI is InChI=1S/C14H16ClNO/c1-9(2)7-16-13-10(3)5-4-6-11(13)12(8-17)14(16)15/h4-6,8-9H,7H2,1-3H3. The summed E-state index contributed by atoms with van der Waals surface area (Å²) in [5.74, 6) is 0.488. The SMILES string of the molecule is Cc1cccc2c(C=O)c(Cl)n(CC(C)C)c12. The molecular formula is C14H16ClNO. The molecule has 1 aromatic heterocycles. The van der Waals surface area contributed by atoms with Gasteiger partial charge in [-0.25, -0.2) is 0 Å². The Bertz CT molecular complexity index is 569. The molecule has 1 heterocycles. The van der Waals surface area contributed by atoms with Crippen LogP contribution in [0.4, 0.5) is 0 Å². The molecule has 0 fully saturated rings. The van der Waals surface area contributed by atoms with Crippen LogP contribution in [-0.4, -0.2) is 10.9 Å². The fourth-order valence-corrected chi connectivity index (χ4v) is 2.54. The maximum Gasteiger partial charge on any atom is 0.153 e. The maximum absolute atomic E-state index is 11.2. The Morgan fingerprint density at radius 1 is 1.41 bits per heavy atom. The van der Waals surface area contributed by atoms with Crippen LogP contribution in [0.15, 0.2) is 18.2 Å². The molecule has 0 saturated heterocycles. The number of halogens is 1. The van der Waals surface area contributed by atoms with Gasteiger partial charge >= 0.3 is 0 Å². The molecule has 2 nitrogen and oxygen atoms in total. The highest BCUT2D eigenvalue weighted by Crippen LogP contribution is 2.31. The molecule has 0 atom stereocenters. The van der Waals surface area contributed by atoms with Gasteiger partial charge in [0.15, 0.2) is 6.29 Å². The molecule has 2 aromatic rings. The number of carbonyl (C=O) groups is 1. The van der Waals surface area contributed by atoms with Gasteiger partial charge in [0, 0.05) is 11.9 Å². The molecule has 17 heavy (non-hydrogen) atoms. The molecule has 0 spiro atoms. The highest BCUT2D eigenvalue weighted by molar-refractivity contribution is 6.34. The fourth-order valence-electron chi connectivity index (χ4n) is 2.24. The van der Waals surface area contributed by atoms with Gasteiger partial charge in [-0.1, -0.05) is 43.6 Å². The Hall–Kier alpha value is -1.28. The summed E-state index contributed by atoms with van der Waals surface area (Å²) in [5, 5.41) is 1.50. The fraction of sp³-hybridized carbons (Fsp3) is 0.357. The number of aromatic nitrogens is 1. The highest BCUT2D eigenvalue weighted by Gasteiger charge is 2.16. The molecule has 0 aliphatic rings. The minimum atomic E-state index is 0.488. The van der Waals surface area contributed by atoms with Crippen LogP contribution in [0.3, 0.4) is 0 Å². The average Bonchev–Trinajstić information content (AvgIpc) is 2.52. The first-order valence-corrected chi connectivity index (χ1v) is 6.16. The van der Waals surface area contributed by atoms with Crippen LogP contribution >= 0.6 is 11.6 Å². The van der Waals surface area contributed by atoms with Crippen molar-refractivity contribution in [3.63, 3.8) is 0 Å². The summed E-state index contributed by atoms with van der Waals surface area (Å²) in [7, 11) is 0. The Morgan fingerprint density at radius 3 is 2.71 bits per heavy atom. The molecule has 0 saturated carbocycles. The summed E-state index contributed by atoms with van der Waals surface area (Å²) in [4.78, 5) is 11.2. The minimum absolute atomic E-state index is 0.488. The van der Waals surface area contributed by atoms with Crippen LogP contribution in [-0.2, 0) is 6.54 Å². The predicted octanol–water partition coefficient (Wildman–Crippen LogP) is 4.07. The molecule has 90 valence electrons. The molecule has 2 rings (SSSR count). The quantitative estimate of drug-likeness (QED) is 0.752. The second-order valence-electron chi connectivity index (χ2n) is 4.80. The first-order chi connectivity index (χ1) is 8.06. The lowest BCUT2D eigenvalue weighted by Gasteiger charge is -2.11. The van der Waals surface area contributed by atoms with E-state index in [2.05, 4.69) is 13.8 Å². The molecule has 0 radical (unpaired) electrons. The number of carbonyl (C=O) groups excluding carboxylic acids is 1. The highest BCUT2D eigenvalue weighted by atomic mass is 35.5. The number of hydrogen-bond acceptors (Lipinski definition) is 1. The van der Waals surface area contributed by atoms with Gasteiger partial charge in [-0.3, -0.25) is 4.79 Å². The van der Waals surface area contributed by atoms with E-state index in [9.17, 15) is 4.79 Å². The molecule has 0 N–H and O–H groups in total. The third-order valence-electron chi connectivity index (χ3n) is 2.92. The van der Waals surface area contributed by atoms with Crippen LogP contribution in [0, 0.1) is 12.8 Å². The normalized spacial score (nSPS) is 11.4. The average molecular weight is 250 g/mol. The molecule has 0 aliphatic carbocycles. The Labute approximate surface area is 106 Å². The number of aryl methyl sites for hydroxylation is 1. The zero-order valence-electron chi connectivity index (χ0n) is 10.3. The van der Waals surface area contributed by atoms with Crippen molar-refractivity contribution in [1.29, 1.82) is 0 Å². The second-order valence-corrected chi connectivity index (χ2v) is 5.16. The van der Waals surface area contributed by atoms with Gasteiger partial charge in [-0.05, 0) is 18.4 Å². The van der Waals surface area contributed by atoms with Crippen LogP contribution in [0.2, 0.25) is 5.15 Å². The van der Waals surface area contributed by atoms with Crippen molar-refractivity contribution in [3.8, 4) is 0 Å². The molecule has 0 bridgehead atoms. The van der Waals surface area contributed by atoms with Crippen LogP contribution in [0.5, 0.6) is 0 Å². The van der Waals surface area contributed by atoms with Crippen LogP contribution in [0.25, 0.3) is 10.9 Å². The van der Waals surface area contributed by atoms with Gasteiger partial charge in [0.05, 0.1) is 11.1 Å². The van der Waals surface area contributed by atoms with Gasteiger partial charge in [0.25, 0.3) is 0 Å². The first kappa shape index (κ1) is 12.2. The van der Waals surface area contributed by atoms with Gasteiger partial charge in [0.2, 0.25) is 0 Å². The van der Waals surface area contributed by atoms with Crippen molar-refractivity contribution in [1.82, 2.24) is 4.57 Å². The number of fused-ring (bicyclic) bond motifs is 1. The zero-order chi connectivity index (χ0) is 12.6. The van der Waals surface area contributed by atoms with E-state index in [0.717, 1.165) is 29.3 Å². The van der Waals surface area contributed by atoms with Crippen molar-refractivity contribution in [3.05, 3.63) is 34.5 Å². The van der Waals surface area contributed by atoms with Crippen molar-refractivity contribution >= 4 is 28.8 Å². The summed E-state index contributed by atoms with van der Waals surface area (Å²) in [6, 6.07) is 5.96. The smallest absolute Gasteiger partial charge is 0.153 e. The lowest BCUT2D eigenvalue weighted by Crippen LogP contribution is -2.05. The molecule has 0 aliphatic heterocycles. The van der Waals surface area contributed by atoms with E-state index in [0.29, 0.717) is 16.6 Å². The molecule has 0 unspecified atom stereocenters. The lowest BCUT2D eigenvalue weighted by molar-refractivity contribution is 0.112. The number of hydrogen-bond donors (Lipinski definition) is 0. The number of benzene rings is 1. The van der Waals surface area contributed by atoms with Crippen molar-refractivity contribution in [2.45, 2.75) is 27.3 Å². The lowest BCUT2D eigenvalue weighted by atomic mass is 10.1. The van der Waals surface area contributed by atoms with Gasteiger partial charge < -0.3 is 4.57 Å². The van der Waals surface area contributed by atoms with E-state index in [4.69, 9.17) is 11.6 Å². The summed E-state index contributed by atoms with van der Waals surface area (Å²) in [5.41, 5.74) is 2.83. The molecule has 3 heteroatoms. The van der Waals surface area contributed by atoms with E-state index in [1.54, 1.807) is 0 Å². The van der Waals surface area contributed by atoms with E-state index in [1.807, 2.05) is 29.7 Å². The Kier molecular flexibility index (Phi) is 3.25.